The van der Waals surface area contributed by atoms with E-state index in [9.17, 15) is 29.3 Å². The molecule has 0 radical (unpaired) electrons. The first-order valence-corrected chi connectivity index (χ1v) is 24.5. The highest BCUT2D eigenvalue weighted by Gasteiger charge is 2.27. The van der Waals surface area contributed by atoms with Crippen LogP contribution >= 0.6 is 7.82 Å². The molecule has 0 saturated heterocycles. The maximum Gasteiger partial charge on any atom is 0.472 e. The molecule has 0 spiro atoms. The summed E-state index contributed by atoms with van der Waals surface area (Å²) in [5.74, 6) is -1.01. The summed E-state index contributed by atoms with van der Waals surface area (Å²) in [4.78, 5) is 34.5. The van der Waals surface area contributed by atoms with Gasteiger partial charge >= 0.3 is 19.8 Å². The van der Waals surface area contributed by atoms with Crippen LogP contribution in [-0.2, 0) is 32.7 Å². The molecular weight excluding hydrogens is 719 g/mol. The van der Waals surface area contributed by atoms with Gasteiger partial charge in [-0.25, -0.2) is 4.57 Å². The van der Waals surface area contributed by atoms with Gasteiger partial charge in [-0.1, -0.05) is 206 Å². The fraction of sp³-hybridized carbons (Fsp3) is 0.955. The zero-order chi connectivity index (χ0) is 40.5. The predicted molar refractivity (Wildman–Crippen MR) is 224 cm³/mol. The van der Waals surface area contributed by atoms with Crippen LogP contribution in [0.5, 0.6) is 0 Å². The first-order chi connectivity index (χ1) is 26.8. The third kappa shape index (κ3) is 39.6. The smallest absolute Gasteiger partial charge is 0.457 e. The van der Waals surface area contributed by atoms with Crippen molar-refractivity contribution in [2.75, 3.05) is 26.4 Å². The van der Waals surface area contributed by atoms with Crippen molar-refractivity contribution in [3.63, 3.8) is 0 Å². The van der Waals surface area contributed by atoms with E-state index < -0.39 is 58.4 Å². The molecule has 55 heavy (non-hydrogen) atoms. The van der Waals surface area contributed by atoms with Gasteiger partial charge in [0.2, 0.25) is 0 Å². The molecule has 0 aliphatic heterocycles. The van der Waals surface area contributed by atoms with Gasteiger partial charge in [-0.3, -0.25) is 18.6 Å². The normalized spacial score (nSPS) is 13.8. The molecule has 3 N–H and O–H groups in total. The molecule has 0 rings (SSSR count). The van der Waals surface area contributed by atoms with Crippen molar-refractivity contribution in [2.24, 2.45) is 0 Å². The van der Waals surface area contributed by atoms with E-state index in [0.717, 1.165) is 38.5 Å². The van der Waals surface area contributed by atoms with Gasteiger partial charge in [0.25, 0.3) is 0 Å². The molecule has 0 fully saturated rings. The lowest BCUT2D eigenvalue weighted by Gasteiger charge is -2.20. The van der Waals surface area contributed by atoms with Gasteiger partial charge in [-0.2, -0.15) is 0 Å². The number of ether oxygens (including phenoxy) is 2. The van der Waals surface area contributed by atoms with E-state index in [1.54, 1.807) is 0 Å². The minimum atomic E-state index is -4.63. The zero-order valence-electron chi connectivity index (χ0n) is 35.7. The molecule has 10 nitrogen and oxygen atoms in total. The number of aliphatic hydroxyl groups excluding tert-OH is 2. The summed E-state index contributed by atoms with van der Waals surface area (Å²) in [6.07, 6.45) is 38.0. The van der Waals surface area contributed by atoms with Crippen LogP contribution < -0.4 is 0 Å². The Bertz CT molecular complexity index is 889. The second kappa shape index (κ2) is 41.1. The van der Waals surface area contributed by atoms with Crippen LogP contribution in [0.25, 0.3) is 0 Å². The highest BCUT2D eigenvalue weighted by molar-refractivity contribution is 7.47. The number of hydrogen-bond donors (Lipinski definition) is 3. The number of unbranched alkanes of at least 4 members (excludes halogenated alkanes) is 30. The Labute approximate surface area is 337 Å². The zero-order valence-corrected chi connectivity index (χ0v) is 36.6. The Morgan fingerprint density at radius 2 is 0.636 bits per heavy atom. The van der Waals surface area contributed by atoms with Crippen LogP contribution in [0.15, 0.2) is 0 Å². The summed E-state index contributed by atoms with van der Waals surface area (Å²) in [6, 6.07) is 0. The number of carbonyl (C=O) groups excluding carboxylic acids is 2. The van der Waals surface area contributed by atoms with Crippen molar-refractivity contribution >= 4 is 19.8 Å². The fourth-order valence-corrected chi connectivity index (χ4v) is 7.55. The monoisotopic (exact) mass is 807 g/mol. The van der Waals surface area contributed by atoms with Crippen LogP contribution in [0.4, 0.5) is 0 Å². The highest BCUT2D eigenvalue weighted by atomic mass is 31.2. The lowest BCUT2D eigenvalue weighted by molar-refractivity contribution is -0.153. The van der Waals surface area contributed by atoms with Gasteiger partial charge in [0.1, 0.15) is 12.2 Å². The maximum absolute atomic E-state index is 12.4. The van der Waals surface area contributed by atoms with Gasteiger partial charge in [0, 0.05) is 12.8 Å². The van der Waals surface area contributed by atoms with Crippen molar-refractivity contribution in [2.45, 2.75) is 244 Å². The third-order valence-electron chi connectivity index (χ3n) is 10.3. The molecule has 0 aliphatic rings. The van der Waals surface area contributed by atoms with Gasteiger partial charge in [-0.05, 0) is 12.8 Å². The quantitative estimate of drug-likeness (QED) is 0.0308. The Morgan fingerprint density at radius 3 is 0.855 bits per heavy atom. The molecule has 0 heterocycles. The molecule has 0 saturated carbocycles. The summed E-state index contributed by atoms with van der Waals surface area (Å²) in [5, 5.41) is 19.2. The third-order valence-corrected chi connectivity index (χ3v) is 11.3. The van der Waals surface area contributed by atoms with Crippen molar-refractivity contribution in [3.8, 4) is 0 Å². The molecule has 0 aromatic rings. The van der Waals surface area contributed by atoms with Gasteiger partial charge in [-0.15, -0.1) is 0 Å². The summed E-state index contributed by atoms with van der Waals surface area (Å²) in [5.41, 5.74) is 0. The number of carbonyl (C=O) groups is 2. The van der Waals surface area contributed by atoms with Crippen LogP contribution in [0.3, 0.4) is 0 Å². The Hall–Kier alpha value is -1.03. The van der Waals surface area contributed by atoms with Crippen LogP contribution in [0.2, 0.25) is 0 Å². The molecule has 0 bridgehead atoms. The van der Waals surface area contributed by atoms with E-state index in [2.05, 4.69) is 13.8 Å². The molecule has 0 aromatic carbocycles. The number of phosphoric acid groups is 1. The maximum atomic E-state index is 12.4. The minimum Gasteiger partial charge on any atom is -0.457 e. The standard InChI is InChI=1S/C44H87O10P/c1-3-5-7-9-11-13-15-16-17-18-19-20-21-22-23-24-26-28-30-32-34-36-44(48)54-42(38-46)40-52-55(49,50)51-39-41(37-45)53-43(47)35-33-31-29-27-25-14-12-10-8-6-4-2/h41-42,45-46H,3-40H2,1-2H3,(H,49,50). The van der Waals surface area contributed by atoms with E-state index in [0.29, 0.717) is 12.8 Å². The number of esters is 2. The first kappa shape index (κ1) is 54.0. The first-order valence-electron chi connectivity index (χ1n) is 23.0. The molecule has 328 valence electrons. The summed E-state index contributed by atoms with van der Waals surface area (Å²) in [6.45, 7) is 2.24. The SMILES string of the molecule is CCCCCCCCCCCCCCCCCCCCCCCC(=O)OC(CO)COP(=O)(O)OCC(CO)OC(=O)CCCCCCCCCCCCC. The Balaban J connectivity index is 3.81. The lowest BCUT2D eigenvalue weighted by atomic mass is 10.0. The fourth-order valence-electron chi connectivity index (χ4n) is 6.76. The van der Waals surface area contributed by atoms with Crippen LogP contribution in [-0.4, -0.2) is 65.7 Å². The molecule has 0 aromatic heterocycles. The van der Waals surface area contributed by atoms with E-state index >= 15 is 0 Å². The van der Waals surface area contributed by atoms with Gasteiger partial charge in [0.15, 0.2) is 0 Å². The number of rotatable bonds is 44. The Kier molecular flexibility index (Phi) is 40.4. The molecule has 3 unspecified atom stereocenters. The average molecular weight is 807 g/mol. The summed E-state index contributed by atoms with van der Waals surface area (Å²) in [7, 11) is -4.63. The topological polar surface area (TPSA) is 149 Å². The number of phosphoric ester groups is 1. The van der Waals surface area contributed by atoms with Crippen molar-refractivity contribution < 1.29 is 47.8 Å². The molecule has 0 amide bonds. The van der Waals surface area contributed by atoms with Crippen molar-refractivity contribution in [3.05, 3.63) is 0 Å². The van der Waals surface area contributed by atoms with Crippen molar-refractivity contribution in [1.29, 1.82) is 0 Å². The summed E-state index contributed by atoms with van der Waals surface area (Å²) < 4.78 is 32.6. The van der Waals surface area contributed by atoms with Crippen LogP contribution in [0.1, 0.15) is 232 Å². The number of aliphatic hydroxyl groups is 2. The molecule has 3 atom stereocenters. The van der Waals surface area contributed by atoms with Gasteiger partial charge in [0.05, 0.1) is 26.4 Å². The largest absolute Gasteiger partial charge is 0.472 e. The van der Waals surface area contributed by atoms with E-state index in [-0.39, 0.29) is 12.8 Å². The average Bonchev–Trinajstić information content (AvgIpc) is 3.17. The molecule has 0 aliphatic carbocycles. The van der Waals surface area contributed by atoms with Gasteiger partial charge < -0.3 is 24.6 Å². The Morgan fingerprint density at radius 1 is 0.418 bits per heavy atom. The van der Waals surface area contributed by atoms with Crippen LogP contribution in [0, 0.1) is 0 Å². The number of hydrogen-bond acceptors (Lipinski definition) is 9. The lowest BCUT2D eigenvalue weighted by Crippen LogP contribution is -2.28. The van der Waals surface area contributed by atoms with Crippen molar-refractivity contribution in [1.82, 2.24) is 0 Å². The molecule has 11 heteroatoms. The molecular formula is C44H87O10P. The second-order valence-corrected chi connectivity index (χ2v) is 17.2. The summed E-state index contributed by atoms with van der Waals surface area (Å²) >= 11 is 0. The van der Waals surface area contributed by atoms with E-state index in [1.807, 2.05) is 0 Å². The second-order valence-electron chi connectivity index (χ2n) is 15.8. The highest BCUT2D eigenvalue weighted by Crippen LogP contribution is 2.43. The van der Waals surface area contributed by atoms with E-state index in [4.69, 9.17) is 18.5 Å². The predicted octanol–water partition coefficient (Wildman–Crippen LogP) is 12.2. The van der Waals surface area contributed by atoms with E-state index in [1.165, 1.54) is 154 Å². The minimum absolute atomic E-state index is 0.198.